The van der Waals surface area contributed by atoms with Crippen molar-refractivity contribution in [2.75, 3.05) is 0 Å². The first kappa shape index (κ1) is 9.68. The first-order chi connectivity index (χ1) is 4.34. The van der Waals surface area contributed by atoms with Gasteiger partial charge in [-0.3, -0.25) is 4.79 Å². The number of carbonyl (C=O) groups is 1. The van der Waals surface area contributed by atoms with Crippen LogP contribution in [0.15, 0.2) is 0 Å². The summed E-state index contributed by atoms with van der Waals surface area (Å²) in [4.78, 5) is 10.4. The second-order valence-electron chi connectivity index (χ2n) is 2.04. The fraction of sp³-hybridized carbons (Fsp3) is 0.800. The van der Waals surface area contributed by atoms with Gasteiger partial charge in [0, 0.05) is 6.92 Å². The van der Waals surface area contributed by atoms with E-state index < -0.39 is 17.2 Å². The number of alkyl halides is 2. The molecule has 0 aromatic rings. The molecular weight excluding hydrogens is 160 g/mol. The van der Waals surface area contributed by atoms with Crippen molar-refractivity contribution in [1.82, 2.24) is 5.32 Å². The van der Waals surface area contributed by atoms with Gasteiger partial charge in [0.2, 0.25) is 0 Å². The Morgan fingerprint density at radius 1 is 1.70 bits per heavy atom. The SMILES string of the molecule is CC(S)NC(=O)C(C)(F)F. The van der Waals surface area contributed by atoms with Crippen LogP contribution < -0.4 is 5.32 Å². The molecule has 1 unspecified atom stereocenters. The van der Waals surface area contributed by atoms with Crippen molar-refractivity contribution in [2.24, 2.45) is 0 Å². The zero-order chi connectivity index (χ0) is 8.36. The summed E-state index contributed by atoms with van der Waals surface area (Å²) >= 11 is 3.70. The first-order valence-electron chi connectivity index (χ1n) is 2.71. The van der Waals surface area contributed by atoms with Gasteiger partial charge in [0.15, 0.2) is 0 Å². The van der Waals surface area contributed by atoms with E-state index in [-0.39, 0.29) is 0 Å². The summed E-state index contributed by atoms with van der Waals surface area (Å²) in [5, 5.41) is 1.41. The van der Waals surface area contributed by atoms with Gasteiger partial charge < -0.3 is 5.32 Å². The van der Waals surface area contributed by atoms with Crippen LogP contribution in [0.25, 0.3) is 0 Å². The van der Waals surface area contributed by atoms with Crippen molar-refractivity contribution in [3.8, 4) is 0 Å². The van der Waals surface area contributed by atoms with Gasteiger partial charge in [-0.15, -0.1) is 0 Å². The molecule has 0 saturated heterocycles. The molecular formula is C5H9F2NOS. The van der Waals surface area contributed by atoms with E-state index in [1.165, 1.54) is 6.92 Å². The molecule has 0 heterocycles. The summed E-state index contributed by atoms with van der Waals surface area (Å²) < 4.78 is 24.1. The molecule has 2 nitrogen and oxygen atoms in total. The van der Waals surface area contributed by atoms with Gasteiger partial charge in [0.05, 0.1) is 5.37 Å². The molecule has 1 atom stereocenters. The summed E-state index contributed by atoms with van der Waals surface area (Å²) in [6, 6.07) is 0. The lowest BCUT2D eigenvalue weighted by atomic mass is 10.3. The Morgan fingerprint density at radius 2 is 2.10 bits per heavy atom. The Labute approximate surface area is 63.4 Å². The Balaban J connectivity index is 3.87. The van der Waals surface area contributed by atoms with Crippen LogP contribution in [0.3, 0.4) is 0 Å². The van der Waals surface area contributed by atoms with Crippen molar-refractivity contribution < 1.29 is 13.6 Å². The summed E-state index contributed by atoms with van der Waals surface area (Å²) in [5.41, 5.74) is 0. The molecule has 1 amide bonds. The van der Waals surface area contributed by atoms with Crippen LogP contribution in [0.5, 0.6) is 0 Å². The standard InChI is InChI=1S/C5H9F2NOS/c1-3(10)8-4(9)5(2,6)7/h3,10H,1-2H3,(H,8,9). The van der Waals surface area contributed by atoms with Crippen LogP contribution in [0, 0.1) is 0 Å². The van der Waals surface area contributed by atoms with Crippen molar-refractivity contribution in [2.45, 2.75) is 25.1 Å². The van der Waals surface area contributed by atoms with Gasteiger partial charge in [0.25, 0.3) is 5.91 Å². The molecule has 0 saturated carbocycles. The van der Waals surface area contributed by atoms with E-state index in [4.69, 9.17) is 0 Å². The second kappa shape index (κ2) is 3.18. The minimum absolute atomic E-state index is 0.540. The van der Waals surface area contributed by atoms with Gasteiger partial charge in [0.1, 0.15) is 0 Å². The fourth-order valence-electron chi connectivity index (χ4n) is 0.316. The number of halogens is 2. The molecule has 0 spiro atoms. The summed E-state index contributed by atoms with van der Waals surface area (Å²) in [6.45, 7) is 2.03. The third-order valence-electron chi connectivity index (χ3n) is 0.739. The normalized spacial score (nSPS) is 14.5. The highest BCUT2D eigenvalue weighted by atomic mass is 32.1. The van der Waals surface area contributed by atoms with E-state index in [1.807, 2.05) is 5.32 Å². The van der Waals surface area contributed by atoms with Crippen LogP contribution in [0.4, 0.5) is 8.78 Å². The Morgan fingerprint density at radius 3 is 2.20 bits per heavy atom. The van der Waals surface area contributed by atoms with Crippen LogP contribution in [0.2, 0.25) is 0 Å². The quantitative estimate of drug-likeness (QED) is 0.469. The number of hydrogen-bond acceptors (Lipinski definition) is 2. The average Bonchev–Trinajstić information content (AvgIpc) is 1.60. The lowest BCUT2D eigenvalue weighted by Crippen LogP contribution is -2.40. The number of rotatable bonds is 2. The highest BCUT2D eigenvalue weighted by Crippen LogP contribution is 2.11. The molecule has 0 aliphatic rings. The second-order valence-corrected chi connectivity index (χ2v) is 2.81. The molecule has 5 heteroatoms. The monoisotopic (exact) mass is 169 g/mol. The smallest absolute Gasteiger partial charge is 0.321 e. The molecule has 0 bridgehead atoms. The van der Waals surface area contributed by atoms with Crippen LogP contribution in [-0.4, -0.2) is 17.2 Å². The maximum absolute atomic E-state index is 12.0. The Kier molecular flexibility index (Phi) is 3.08. The van der Waals surface area contributed by atoms with Crippen LogP contribution in [-0.2, 0) is 4.79 Å². The number of thiol groups is 1. The number of amides is 1. The van der Waals surface area contributed by atoms with Gasteiger partial charge in [-0.05, 0) is 6.92 Å². The Bertz CT molecular complexity index is 132. The van der Waals surface area contributed by atoms with Crippen LogP contribution in [0.1, 0.15) is 13.8 Å². The van der Waals surface area contributed by atoms with Crippen molar-refractivity contribution >= 4 is 18.5 Å². The molecule has 0 aromatic heterocycles. The maximum Gasteiger partial charge on any atom is 0.321 e. The number of nitrogens with one attached hydrogen (secondary N) is 1. The Hall–Kier alpha value is -0.320. The molecule has 0 rings (SSSR count). The third kappa shape index (κ3) is 3.66. The highest BCUT2D eigenvalue weighted by molar-refractivity contribution is 7.80. The molecule has 1 N–H and O–H groups in total. The fourth-order valence-corrected chi connectivity index (χ4v) is 0.434. The highest BCUT2D eigenvalue weighted by Gasteiger charge is 2.32. The van der Waals surface area contributed by atoms with Crippen molar-refractivity contribution in [3.05, 3.63) is 0 Å². The minimum atomic E-state index is -3.31. The van der Waals surface area contributed by atoms with Gasteiger partial charge in [-0.1, -0.05) is 0 Å². The van der Waals surface area contributed by atoms with Gasteiger partial charge >= 0.3 is 5.92 Å². The summed E-state index contributed by atoms with van der Waals surface area (Å²) in [5.74, 6) is -4.60. The lowest BCUT2D eigenvalue weighted by Gasteiger charge is -2.12. The number of hydrogen-bond donors (Lipinski definition) is 2. The third-order valence-corrected chi connectivity index (χ3v) is 0.868. The van der Waals surface area contributed by atoms with E-state index in [2.05, 4.69) is 12.6 Å². The average molecular weight is 169 g/mol. The first-order valence-corrected chi connectivity index (χ1v) is 3.22. The van der Waals surface area contributed by atoms with E-state index in [0.29, 0.717) is 6.92 Å². The zero-order valence-electron chi connectivity index (χ0n) is 5.69. The molecule has 0 radical (unpaired) electrons. The molecule has 0 aliphatic heterocycles. The van der Waals surface area contributed by atoms with Crippen molar-refractivity contribution in [3.63, 3.8) is 0 Å². The predicted molar refractivity (Wildman–Crippen MR) is 37.2 cm³/mol. The largest absolute Gasteiger partial charge is 0.340 e. The van der Waals surface area contributed by atoms with E-state index in [1.54, 1.807) is 0 Å². The topological polar surface area (TPSA) is 29.1 Å². The van der Waals surface area contributed by atoms with E-state index in [9.17, 15) is 13.6 Å². The molecule has 0 fully saturated rings. The van der Waals surface area contributed by atoms with Crippen molar-refractivity contribution in [1.29, 1.82) is 0 Å². The minimum Gasteiger partial charge on any atom is -0.340 e. The van der Waals surface area contributed by atoms with E-state index in [0.717, 1.165) is 0 Å². The molecule has 0 aromatic carbocycles. The maximum atomic E-state index is 12.0. The predicted octanol–water partition coefficient (Wildman–Crippen LogP) is 1.03. The van der Waals surface area contributed by atoms with Crippen LogP contribution >= 0.6 is 12.6 Å². The van der Waals surface area contributed by atoms with Gasteiger partial charge in [-0.25, -0.2) is 0 Å². The lowest BCUT2D eigenvalue weighted by molar-refractivity contribution is -0.143. The summed E-state index contributed by atoms with van der Waals surface area (Å²) in [6.07, 6.45) is 0. The molecule has 10 heavy (non-hydrogen) atoms. The summed E-state index contributed by atoms with van der Waals surface area (Å²) in [7, 11) is 0. The zero-order valence-corrected chi connectivity index (χ0v) is 6.58. The van der Waals surface area contributed by atoms with Gasteiger partial charge in [-0.2, -0.15) is 21.4 Å². The van der Waals surface area contributed by atoms with E-state index >= 15 is 0 Å². The number of carbonyl (C=O) groups excluding carboxylic acids is 1. The molecule has 0 aliphatic carbocycles. The molecule has 60 valence electrons.